The number of halogens is 2. The quantitative estimate of drug-likeness (QED) is 0.938. The van der Waals surface area contributed by atoms with Crippen LogP contribution < -0.4 is 5.73 Å². The Bertz CT molecular complexity index is 565. The summed E-state index contributed by atoms with van der Waals surface area (Å²) in [5, 5.41) is 8.69. The Morgan fingerprint density at radius 2 is 2.17 bits per heavy atom. The van der Waals surface area contributed by atoms with E-state index in [2.05, 4.69) is 40.1 Å². The van der Waals surface area contributed by atoms with E-state index in [0.29, 0.717) is 17.4 Å². The smallest absolute Gasteiger partial charge is 0.169 e. The molecule has 2 rings (SSSR count). The van der Waals surface area contributed by atoms with Crippen LogP contribution in [0.5, 0.6) is 0 Å². The van der Waals surface area contributed by atoms with Crippen LogP contribution in [0.2, 0.25) is 5.02 Å². The predicted molar refractivity (Wildman–Crippen MR) is 76.8 cm³/mol. The van der Waals surface area contributed by atoms with Crippen LogP contribution in [0.1, 0.15) is 31.0 Å². The number of rotatable bonds is 3. The molecule has 2 aromatic rings. The molecule has 2 N–H and O–H groups in total. The highest BCUT2D eigenvalue weighted by Gasteiger charge is 2.14. The molecule has 0 radical (unpaired) electrons. The number of hydrogen-bond donors (Lipinski definition) is 1. The number of benzene rings is 1. The van der Waals surface area contributed by atoms with E-state index >= 15 is 0 Å². The molecule has 1 aromatic carbocycles. The van der Waals surface area contributed by atoms with E-state index in [1.54, 1.807) is 4.68 Å². The van der Waals surface area contributed by atoms with Crippen molar-refractivity contribution >= 4 is 33.3 Å². The van der Waals surface area contributed by atoms with Gasteiger partial charge in [-0.1, -0.05) is 52.7 Å². The zero-order valence-electron chi connectivity index (χ0n) is 10.2. The van der Waals surface area contributed by atoms with E-state index in [9.17, 15) is 0 Å². The third kappa shape index (κ3) is 2.67. The molecule has 0 spiro atoms. The average molecular weight is 330 g/mol. The van der Waals surface area contributed by atoms with Gasteiger partial charge in [-0.05, 0) is 23.6 Å². The topological polar surface area (TPSA) is 56.7 Å². The summed E-state index contributed by atoms with van der Waals surface area (Å²) in [7, 11) is 0. The Kier molecular flexibility index (Phi) is 3.92. The van der Waals surface area contributed by atoms with Gasteiger partial charge >= 0.3 is 0 Å². The SMILES string of the molecule is CC(C)c1c(N)nnn1Cc1ccc(Br)cc1Cl. The van der Waals surface area contributed by atoms with Crippen LogP contribution in [0, 0.1) is 0 Å². The lowest BCUT2D eigenvalue weighted by atomic mass is 10.1. The monoisotopic (exact) mass is 328 g/mol. The molecule has 0 amide bonds. The largest absolute Gasteiger partial charge is 0.381 e. The Morgan fingerprint density at radius 1 is 1.44 bits per heavy atom. The fraction of sp³-hybridized carbons (Fsp3) is 0.333. The predicted octanol–water partition coefficient (Wildman–Crippen LogP) is 3.45. The maximum atomic E-state index is 6.20. The summed E-state index contributed by atoms with van der Waals surface area (Å²) < 4.78 is 2.76. The molecular weight excluding hydrogens is 316 g/mol. The van der Waals surface area contributed by atoms with Gasteiger partial charge < -0.3 is 5.73 Å². The fourth-order valence-corrected chi connectivity index (χ4v) is 2.59. The molecule has 6 heteroatoms. The summed E-state index contributed by atoms with van der Waals surface area (Å²) in [5.41, 5.74) is 7.75. The van der Waals surface area contributed by atoms with Crippen molar-refractivity contribution < 1.29 is 0 Å². The van der Waals surface area contributed by atoms with Gasteiger partial charge in [-0.3, -0.25) is 0 Å². The highest BCUT2D eigenvalue weighted by molar-refractivity contribution is 9.10. The highest BCUT2D eigenvalue weighted by Crippen LogP contribution is 2.24. The maximum absolute atomic E-state index is 6.20. The van der Waals surface area contributed by atoms with Crippen LogP contribution in [-0.2, 0) is 6.54 Å². The zero-order chi connectivity index (χ0) is 13.3. The number of nitrogens with two attached hydrogens (primary N) is 1. The number of nitrogens with zero attached hydrogens (tertiary/aromatic N) is 3. The van der Waals surface area contributed by atoms with E-state index < -0.39 is 0 Å². The standard InChI is InChI=1S/C12H14BrClN4/c1-7(2)11-12(15)16-17-18(11)6-8-3-4-9(13)5-10(8)14/h3-5,7H,6,15H2,1-2H3. The highest BCUT2D eigenvalue weighted by atomic mass is 79.9. The molecule has 0 aliphatic carbocycles. The second kappa shape index (κ2) is 5.28. The minimum Gasteiger partial charge on any atom is -0.381 e. The van der Waals surface area contributed by atoms with Gasteiger partial charge in [0, 0.05) is 9.50 Å². The van der Waals surface area contributed by atoms with Crippen molar-refractivity contribution in [1.29, 1.82) is 0 Å². The van der Waals surface area contributed by atoms with Gasteiger partial charge in [0.2, 0.25) is 0 Å². The molecule has 0 atom stereocenters. The average Bonchev–Trinajstić information content (AvgIpc) is 2.64. The maximum Gasteiger partial charge on any atom is 0.169 e. The van der Waals surface area contributed by atoms with E-state index in [1.807, 2.05) is 18.2 Å². The van der Waals surface area contributed by atoms with Crippen LogP contribution in [-0.4, -0.2) is 15.0 Å². The van der Waals surface area contributed by atoms with Gasteiger partial charge in [-0.15, -0.1) is 5.10 Å². The second-order valence-corrected chi connectivity index (χ2v) is 5.73. The van der Waals surface area contributed by atoms with Gasteiger partial charge in [0.25, 0.3) is 0 Å². The van der Waals surface area contributed by atoms with Gasteiger partial charge in [0.05, 0.1) is 12.2 Å². The van der Waals surface area contributed by atoms with Crippen molar-refractivity contribution in [3.05, 3.63) is 39.0 Å². The van der Waals surface area contributed by atoms with Crippen LogP contribution in [0.4, 0.5) is 5.82 Å². The number of hydrogen-bond acceptors (Lipinski definition) is 3. The summed E-state index contributed by atoms with van der Waals surface area (Å²) in [6.45, 7) is 4.70. The van der Waals surface area contributed by atoms with E-state index in [-0.39, 0.29) is 5.92 Å². The van der Waals surface area contributed by atoms with Gasteiger partial charge in [-0.25, -0.2) is 4.68 Å². The van der Waals surface area contributed by atoms with Crippen molar-refractivity contribution in [2.24, 2.45) is 0 Å². The second-order valence-electron chi connectivity index (χ2n) is 4.41. The molecule has 0 saturated carbocycles. The van der Waals surface area contributed by atoms with Crippen LogP contribution in [0.15, 0.2) is 22.7 Å². The third-order valence-electron chi connectivity index (χ3n) is 2.68. The van der Waals surface area contributed by atoms with E-state index in [0.717, 1.165) is 15.7 Å². The summed E-state index contributed by atoms with van der Waals surface area (Å²) in [6.07, 6.45) is 0. The van der Waals surface area contributed by atoms with Gasteiger partial charge in [0.1, 0.15) is 0 Å². The zero-order valence-corrected chi connectivity index (χ0v) is 12.5. The molecule has 0 saturated heterocycles. The molecule has 4 nitrogen and oxygen atoms in total. The molecule has 0 aliphatic heterocycles. The molecule has 0 bridgehead atoms. The lowest BCUT2D eigenvalue weighted by Gasteiger charge is -2.10. The fourth-order valence-electron chi connectivity index (χ4n) is 1.86. The first-order valence-corrected chi connectivity index (χ1v) is 6.79. The minimum absolute atomic E-state index is 0.272. The molecule has 0 aliphatic rings. The number of nitrogen functional groups attached to an aromatic ring is 1. The lowest BCUT2D eigenvalue weighted by Crippen LogP contribution is -2.09. The molecular formula is C12H14BrClN4. The van der Waals surface area contributed by atoms with Crippen molar-refractivity contribution in [2.45, 2.75) is 26.3 Å². The molecule has 0 unspecified atom stereocenters. The first-order chi connectivity index (χ1) is 8.49. The molecule has 1 heterocycles. The van der Waals surface area contributed by atoms with Crippen LogP contribution in [0.25, 0.3) is 0 Å². The number of anilines is 1. The van der Waals surface area contributed by atoms with Crippen molar-refractivity contribution in [3.8, 4) is 0 Å². The Hall–Kier alpha value is -1.07. The number of aromatic nitrogens is 3. The first-order valence-electron chi connectivity index (χ1n) is 5.62. The van der Waals surface area contributed by atoms with E-state index in [4.69, 9.17) is 17.3 Å². The van der Waals surface area contributed by atoms with E-state index in [1.165, 1.54) is 0 Å². The summed E-state index contributed by atoms with van der Waals surface area (Å²) >= 11 is 9.58. The summed E-state index contributed by atoms with van der Waals surface area (Å²) in [6, 6.07) is 5.79. The van der Waals surface area contributed by atoms with Crippen LogP contribution in [0.3, 0.4) is 0 Å². The summed E-state index contributed by atoms with van der Waals surface area (Å²) in [4.78, 5) is 0. The molecule has 0 fully saturated rings. The van der Waals surface area contributed by atoms with Crippen molar-refractivity contribution in [1.82, 2.24) is 15.0 Å². The van der Waals surface area contributed by atoms with Crippen molar-refractivity contribution in [3.63, 3.8) is 0 Å². The minimum atomic E-state index is 0.272. The molecule has 1 aromatic heterocycles. The van der Waals surface area contributed by atoms with Crippen LogP contribution >= 0.6 is 27.5 Å². The molecule has 96 valence electrons. The Morgan fingerprint density at radius 3 is 2.78 bits per heavy atom. The Labute approximate surface area is 119 Å². The van der Waals surface area contributed by atoms with Gasteiger partial charge in [0.15, 0.2) is 5.82 Å². The molecule has 18 heavy (non-hydrogen) atoms. The third-order valence-corrected chi connectivity index (χ3v) is 3.53. The normalized spacial score (nSPS) is 11.2. The lowest BCUT2D eigenvalue weighted by molar-refractivity contribution is 0.598. The van der Waals surface area contributed by atoms with Crippen molar-refractivity contribution in [2.75, 3.05) is 5.73 Å². The van der Waals surface area contributed by atoms with Gasteiger partial charge in [-0.2, -0.15) is 0 Å². The Balaban J connectivity index is 2.34. The first kappa shape index (κ1) is 13.4. The summed E-state index contributed by atoms with van der Waals surface area (Å²) in [5.74, 6) is 0.757.